The first-order valence-corrected chi connectivity index (χ1v) is 6.90. The van der Waals surface area contributed by atoms with Crippen molar-refractivity contribution in [2.75, 3.05) is 13.1 Å². The van der Waals surface area contributed by atoms with Crippen LogP contribution in [0.25, 0.3) is 0 Å². The minimum Gasteiger partial charge on any atom is -0.480 e. The minimum absolute atomic E-state index is 0.0753. The van der Waals surface area contributed by atoms with Crippen LogP contribution in [0, 0.1) is 5.92 Å². The summed E-state index contributed by atoms with van der Waals surface area (Å²) in [5.41, 5.74) is 1.13. The lowest BCUT2D eigenvalue weighted by molar-refractivity contribution is -0.139. The van der Waals surface area contributed by atoms with E-state index in [1.807, 2.05) is 36.1 Å². The van der Waals surface area contributed by atoms with Gasteiger partial charge in [-0.05, 0) is 30.5 Å². The quantitative estimate of drug-likeness (QED) is 0.873. The molecule has 0 amide bonds. The van der Waals surface area contributed by atoms with Crippen LogP contribution in [0.15, 0.2) is 28.7 Å². The molecule has 100 valence electrons. The Labute approximate surface area is 117 Å². The fourth-order valence-corrected chi connectivity index (χ4v) is 2.40. The molecule has 1 N–H and O–H groups in total. The third kappa shape index (κ3) is 4.78. The molecule has 18 heavy (non-hydrogen) atoms. The molecule has 0 aliphatic heterocycles. The second-order valence-electron chi connectivity index (χ2n) is 4.95. The molecule has 1 unspecified atom stereocenters. The molecule has 0 saturated carbocycles. The second kappa shape index (κ2) is 6.90. The van der Waals surface area contributed by atoms with Crippen LogP contribution in [0.5, 0.6) is 0 Å². The minimum atomic E-state index is -0.780. The first kappa shape index (κ1) is 15.2. The van der Waals surface area contributed by atoms with Gasteiger partial charge < -0.3 is 5.11 Å². The van der Waals surface area contributed by atoms with Gasteiger partial charge >= 0.3 is 5.97 Å². The number of benzene rings is 1. The SMILES string of the molecule is CC(C)CN(CC(=O)O)C(C)c1cccc(Br)c1. The zero-order valence-corrected chi connectivity index (χ0v) is 12.6. The maximum absolute atomic E-state index is 10.9. The molecule has 0 saturated heterocycles. The third-order valence-corrected chi connectivity index (χ3v) is 3.31. The van der Waals surface area contributed by atoms with Gasteiger partial charge in [-0.3, -0.25) is 9.69 Å². The van der Waals surface area contributed by atoms with Crippen LogP contribution >= 0.6 is 15.9 Å². The summed E-state index contributed by atoms with van der Waals surface area (Å²) >= 11 is 3.45. The molecule has 0 radical (unpaired) electrons. The van der Waals surface area contributed by atoms with Crippen molar-refractivity contribution in [2.24, 2.45) is 5.92 Å². The maximum atomic E-state index is 10.9. The molecular weight excluding hydrogens is 294 g/mol. The molecule has 0 spiro atoms. The van der Waals surface area contributed by atoms with Crippen LogP contribution in [0.4, 0.5) is 0 Å². The zero-order valence-electron chi connectivity index (χ0n) is 11.1. The highest BCUT2D eigenvalue weighted by Gasteiger charge is 2.19. The second-order valence-corrected chi connectivity index (χ2v) is 5.86. The number of carboxylic acids is 1. The lowest BCUT2D eigenvalue weighted by atomic mass is 10.1. The van der Waals surface area contributed by atoms with Gasteiger partial charge in [-0.25, -0.2) is 0 Å². The first-order chi connectivity index (χ1) is 8.40. The molecular formula is C14H20BrNO2. The average Bonchev–Trinajstić information content (AvgIpc) is 2.26. The fraction of sp³-hybridized carbons (Fsp3) is 0.500. The molecule has 1 rings (SSSR count). The van der Waals surface area contributed by atoms with E-state index in [1.54, 1.807) is 0 Å². The molecule has 0 heterocycles. The van der Waals surface area contributed by atoms with Crippen LogP contribution in [0.1, 0.15) is 32.4 Å². The van der Waals surface area contributed by atoms with Crippen LogP contribution in [-0.2, 0) is 4.79 Å². The van der Waals surface area contributed by atoms with Crippen LogP contribution in [-0.4, -0.2) is 29.1 Å². The molecule has 0 aromatic heterocycles. The summed E-state index contributed by atoms with van der Waals surface area (Å²) in [5.74, 6) is -0.337. The Morgan fingerprint density at radius 3 is 2.56 bits per heavy atom. The number of hydrogen-bond acceptors (Lipinski definition) is 2. The summed E-state index contributed by atoms with van der Waals surface area (Å²) in [6.45, 7) is 7.10. The van der Waals surface area contributed by atoms with E-state index in [0.717, 1.165) is 16.6 Å². The zero-order chi connectivity index (χ0) is 13.7. The Bertz CT molecular complexity index is 407. The summed E-state index contributed by atoms with van der Waals surface area (Å²) in [5, 5.41) is 9.00. The fourth-order valence-electron chi connectivity index (χ4n) is 1.98. The van der Waals surface area contributed by atoms with Gasteiger partial charge in [0.1, 0.15) is 0 Å². The highest BCUT2D eigenvalue weighted by molar-refractivity contribution is 9.10. The van der Waals surface area contributed by atoms with E-state index in [4.69, 9.17) is 5.11 Å². The standard InChI is InChI=1S/C14H20BrNO2/c1-10(2)8-16(9-14(17)18)11(3)12-5-4-6-13(15)7-12/h4-7,10-11H,8-9H2,1-3H3,(H,17,18). The molecule has 3 nitrogen and oxygen atoms in total. The Kier molecular flexibility index (Phi) is 5.82. The van der Waals surface area contributed by atoms with Crippen LogP contribution < -0.4 is 0 Å². The molecule has 4 heteroatoms. The van der Waals surface area contributed by atoms with Gasteiger partial charge in [-0.1, -0.05) is 41.9 Å². The van der Waals surface area contributed by atoms with E-state index in [1.165, 1.54) is 0 Å². The van der Waals surface area contributed by atoms with Crippen LogP contribution in [0.3, 0.4) is 0 Å². The van der Waals surface area contributed by atoms with Crippen molar-refractivity contribution in [1.29, 1.82) is 0 Å². The number of carbonyl (C=O) groups is 1. The highest BCUT2D eigenvalue weighted by atomic mass is 79.9. The average molecular weight is 314 g/mol. The summed E-state index contributed by atoms with van der Waals surface area (Å²) in [6, 6.07) is 8.12. The predicted molar refractivity (Wildman–Crippen MR) is 76.6 cm³/mol. The number of halogens is 1. The smallest absolute Gasteiger partial charge is 0.317 e. The van der Waals surface area contributed by atoms with Crippen molar-refractivity contribution in [3.63, 3.8) is 0 Å². The lowest BCUT2D eigenvalue weighted by Crippen LogP contribution is -2.35. The van der Waals surface area contributed by atoms with Crippen LogP contribution in [0.2, 0.25) is 0 Å². The Morgan fingerprint density at radius 2 is 2.06 bits per heavy atom. The van der Waals surface area contributed by atoms with E-state index < -0.39 is 5.97 Å². The number of rotatable bonds is 6. The van der Waals surface area contributed by atoms with Gasteiger partial charge in [0, 0.05) is 17.1 Å². The van der Waals surface area contributed by atoms with E-state index in [0.29, 0.717) is 5.92 Å². The van der Waals surface area contributed by atoms with E-state index >= 15 is 0 Å². The van der Waals surface area contributed by atoms with Gasteiger partial charge in [0.25, 0.3) is 0 Å². The summed E-state index contributed by atoms with van der Waals surface area (Å²) in [6.07, 6.45) is 0. The van der Waals surface area contributed by atoms with Crippen molar-refractivity contribution >= 4 is 21.9 Å². The number of hydrogen-bond donors (Lipinski definition) is 1. The van der Waals surface area contributed by atoms with Gasteiger partial charge in [0.15, 0.2) is 0 Å². The van der Waals surface area contributed by atoms with Crippen molar-refractivity contribution in [3.8, 4) is 0 Å². The molecule has 1 atom stereocenters. The molecule has 0 aliphatic carbocycles. The van der Waals surface area contributed by atoms with E-state index in [2.05, 4.69) is 29.8 Å². The van der Waals surface area contributed by atoms with E-state index in [9.17, 15) is 4.79 Å². The lowest BCUT2D eigenvalue weighted by Gasteiger charge is -2.29. The molecule has 1 aromatic carbocycles. The summed E-state index contributed by atoms with van der Waals surface area (Å²) < 4.78 is 1.02. The number of aliphatic carboxylic acids is 1. The van der Waals surface area contributed by atoms with Gasteiger partial charge in [-0.2, -0.15) is 0 Å². The van der Waals surface area contributed by atoms with Crippen molar-refractivity contribution in [2.45, 2.75) is 26.8 Å². The van der Waals surface area contributed by atoms with Crippen molar-refractivity contribution < 1.29 is 9.90 Å². The number of nitrogens with zero attached hydrogens (tertiary/aromatic N) is 1. The Hall–Kier alpha value is -0.870. The highest BCUT2D eigenvalue weighted by Crippen LogP contribution is 2.23. The molecule has 1 aromatic rings. The van der Waals surface area contributed by atoms with Gasteiger partial charge in [0.05, 0.1) is 6.54 Å². The Morgan fingerprint density at radius 1 is 1.39 bits per heavy atom. The predicted octanol–water partition coefficient (Wildman–Crippen LogP) is 3.55. The molecule has 0 fully saturated rings. The van der Waals surface area contributed by atoms with E-state index in [-0.39, 0.29) is 12.6 Å². The van der Waals surface area contributed by atoms with Crippen molar-refractivity contribution in [1.82, 2.24) is 4.90 Å². The molecule has 0 aliphatic rings. The van der Waals surface area contributed by atoms with Gasteiger partial charge in [-0.15, -0.1) is 0 Å². The number of carboxylic acid groups (broad SMARTS) is 1. The summed E-state index contributed by atoms with van der Waals surface area (Å²) in [4.78, 5) is 12.9. The topological polar surface area (TPSA) is 40.5 Å². The monoisotopic (exact) mass is 313 g/mol. The maximum Gasteiger partial charge on any atom is 0.317 e. The largest absolute Gasteiger partial charge is 0.480 e. The summed E-state index contributed by atoms with van der Waals surface area (Å²) in [7, 11) is 0. The molecule has 0 bridgehead atoms. The first-order valence-electron chi connectivity index (χ1n) is 6.11. The van der Waals surface area contributed by atoms with Gasteiger partial charge in [0.2, 0.25) is 0 Å². The van der Waals surface area contributed by atoms with Crippen molar-refractivity contribution in [3.05, 3.63) is 34.3 Å². The third-order valence-electron chi connectivity index (χ3n) is 2.82. The Balaban J connectivity index is 2.86. The normalized spacial score (nSPS) is 13.0.